The SMILES string of the molecule is CCCCCN(C(=O)C(CC(C)C)NC(=O)OC(C)(C)C)C(C(=O)NC(C)(C)C)c1ccc(CC)cc1. The minimum atomic E-state index is -0.815. The van der Waals surface area contributed by atoms with Crippen molar-refractivity contribution < 1.29 is 19.1 Å². The lowest BCUT2D eigenvalue weighted by Gasteiger charge is -2.36. The van der Waals surface area contributed by atoms with E-state index in [0.29, 0.717) is 13.0 Å². The first-order valence-corrected chi connectivity index (χ1v) is 13.8. The monoisotopic (exact) mass is 517 g/mol. The average Bonchev–Trinajstić information content (AvgIpc) is 2.75. The quantitative estimate of drug-likeness (QED) is 0.325. The lowest BCUT2D eigenvalue weighted by Crippen LogP contribution is -2.55. The van der Waals surface area contributed by atoms with Gasteiger partial charge in [0.15, 0.2) is 0 Å². The molecular formula is C30H51N3O4. The lowest BCUT2D eigenvalue weighted by atomic mass is 9.97. The summed E-state index contributed by atoms with van der Waals surface area (Å²) in [6.45, 7) is 19.8. The molecule has 1 rings (SSSR count). The molecule has 0 saturated carbocycles. The van der Waals surface area contributed by atoms with Crippen LogP contribution in [-0.2, 0) is 20.7 Å². The van der Waals surface area contributed by atoms with Crippen molar-refractivity contribution in [1.29, 1.82) is 0 Å². The van der Waals surface area contributed by atoms with E-state index in [1.807, 2.05) is 58.9 Å². The Morgan fingerprint density at radius 1 is 0.946 bits per heavy atom. The van der Waals surface area contributed by atoms with Crippen LogP contribution in [0.1, 0.15) is 112 Å². The summed E-state index contributed by atoms with van der Waals surface area (Å²) in [4.78, 5) is 42.2. The van der Waals surface area contributed by atoms with Gasteiger partial charge in [-0.15, -0.1) is 0 Å². The van der Waals surface area contributed by atoms with Gasteiger partial charge in [-0.25, -0.2) is 4.79 Å². The standard InChI is InChI=1S/C30H51N3O4/c1-11-13-14-19-33(27(35)24(20-21(3)4)31-28(36)37-30(8,9)10)25(26(34)32-29(5,6)7)23-17-15-22(12-2)16-18-23/h15-18,21,24-25H,11-14,19-20H2,1-10H3,(H,31,36)(H,32,34). The molecule has 37 heavy (non-hydrogen) atoms. The summed E-state index contributed by atoms with van der Waals surface area (Å²) in [5.74, 6) is -0.362. The van der Waals surface area contributed by atoms with Crippen LogP contribution in [0, 0.1) is 5.92 Å². The van der Waals surface area contributed by atoms with Crippen molar-refractivity contribution in [2.75, 3.05) is 6.54 Å². The van der Waals surface area contributed by atoms with Gasteiger partial charge in [0.2, 0.25) is 11.8 Å². The zero-order valence-corrected chi connectivity index (χ0v) is 24.9. The number of amides is 3. The molecule has 210 valence electrons. The number of rotatable bonds is 12. The molecule has 0 radical (unpaired) electrons. The topological polar surface area (TPSA) is 87.7 Å². The Morgan fingerprint density at radius 3 is 2.00 bits per heavy atom. The zero-order valence-electron chi connectivity index (χ0n) is 24.9. The summed E-state index contributed by atoms with van der Waals surface area (Å²) in [5, 5.41) is 5.88. The molecule has 0 saturated heterocycles. The molecule has 7 heteroatoms. The van der Waals surface area contributed by atoms with Crippen molar-refractivity contribution >= 4 is 17.9 Å². The van der Waals surface area contributed by atoms with Crippen LogP contribution in [-0.4, -0.2) is 46.5 Å². The molecule has 7 nitrogen and oxygen atoms in total. The minimum absolute atomic E-state index is 0.145. The van der Waals surface area contributed by atoms with Gasteiger partial charge < -0.3 is 20.3 Å². The summed E-state index contributed by atoms with van der Waals surface area (Å²) in [5.41, 5.74) is 0.756. The number of ether oxygens (including phenoxy) is 1. The third kappa shape index (κ3) is 12.0. The first kappa shape index (κ1) is 32.5. The molecule has 0 aliphatic rings. The number of carbonyl (C=O) groups is 3. The maximum absolute atomic E-state index is 14.2. The van der Waals surface area contributed by atoms with E-state index in [9.17, 15) is 14.4 Å². The van der Waals surface area contributed by atoms with E-state index in [1.54, 1.807) is 25.7 Å². The number of nitrogens with one attached hydrogen (secondary N) is 2. The number of carbonyl (C=O) groups excluding carboxylic acids is 3. The number of benzene rings is 1. The van der Waals surface area contributed by atoms with Gasteiger partial charge >= 0.3 is 6.09 Å². The van der Waals surface area contributed by atoms with Crippen molar-refractivity contribution in [2.45, 2.75) is 125 Å². The Balaban J connectivity index is 3.52. The molecule has 2 unspecified atom stereocenters. The van der Waals surface area contributed by atoms with E-state index < -0.39 is 29.3 Å². The molecule has 0 bridgehead atoms. The molecule has 2 atom stereocenters. The van der Waals surface area contributed by atoms with Crippen LogP contribution in [0.15, 0.2) is 24.3 Å². The van der Waals surface area contributed by atoms with E-state index in [1.165, 1.54) is 0 Å². The van der Waals surface area contributed by atoms with E-state index >= 15 is 0 Å². The van der Waals surface area contributed by atoms with Gasteiger partial charge in [-0.2, -0.15) is 0 Å². The molecule has 0 aliphatic heterocycles. The largest absolute Gasteiger partial charge is 0.444 e. The molecule has 3 amide bonds. The van der Waals surface area contributed by atoms with Gasteiger partial charge in [-0.1, -0.05) is 64.8 Å². The number of alkyl carbamates (subject to hydrolysis) is 1. The molecule has 0 heterocycles. The normalized spacial score (nSPS) is 13.6. The van der Waals surface area contributed by atoms with E-state index in [0.717, 1.165) is 36.8 Å². The number of nitrogens with zero attached hydrogens (tertiary/aromatic N) is 1. The van der Waals surface area contributed by atoms with Gasteiger partial charge in [0.25, 0.3) is 0 Å². The van der Waals surface area contributed by atoms with Crippen molar-refractivity contribution in [3.05, 3.63) is 35.4 Å². The molecule has 2 N–H and O–H groups in total. The second-order valence-electron chi connectivity index (χ2n) is 12.3. The van der Waals surface area contributed by atoms with Gasteiger partial charge in [0.05, 0.1) is 0 Å². The lowest BCUT2D eigenvalue weighted by molar-refractivity contribution is -0.143. The molecule has 1 aromatic rings. The summed E-state index contributed by atoms with van der Waals surface area (Å²) in [6, 6.07) is 6.26. The average molecular weight is 518 g/mol. The minimum Gasteiger partial charge on any atom is -0.444 e. The van der Waals surface area contributed by atoms with E-state index in [2.05, 4.69) is 24.5 Å². The van der Waals surface area contributed by atoms with Crippen molar-refractivity contribution in [3.63, 3.8) is 0 Å². The third-order valence-corrected chi connectivity index (χ3v) is 5.74. The highest BCUT2D eigenvalue weighted by molar-refractivity contribution is 5.92. The molecule has 0 spiro atoms. The van der Waals surface area contributed by atoms with Crippen LogP contribution in [0.2, 0.25) is 0 Å². The number of unbranched alkanes of at least 4 members (excludes halogenated alkanes) is 2. The Morgan fingerprint density at radius 2 is 1.54 bits per heavy atom. The predicted molar refractivity (Wildman–Crippen MR) is 150 cm³/mol. The maximum atomic E-state index is 14.2. The van der Waals surface area contributed by atoms with Gasteiger partial charge in [0.1, 0.15) is 17.7 Å². The molecular weight excluding hydrogens is 466 g/mol. The number of aryl methyl sites for hydroxylation is 1. The highest BCUT2D eigenvalue weighted by Gasteiger charge is 2.37. The Bertz CT molecular complexity index is 866. The zero-order chi connectivity index (χ0) is 28.4. The highest BCUT2D eigenvalue weighted by Crippen LogP contribution is 2.26. The number of hydrogen-bond acceptors (Lipinski definition) is 4. The summed E-state index contributed by atoms with van der Waals surface area (Å²) in [6.07, 6.45) is 3.36. The predicted octanol–water partition coefficient (Wildman–Crippen LogP) is 6.16. The molecule has 1 aromatic carbocycles. The Hall–Kier alpha value is -2.57. The van der Waals surface area contributed by atoms with Crippen molar-refractivity contribution in [2.24, 2.45) is 5.92 Å². The first-order chi connectivity index (χ1) is 17.1. The van der Waals surface area contributed by atoms with Gasteiger partial charge in [-0.05, 0) is 77.8 Å². The maximum Gasteiger partial charge on any atom is 0.408 e. The van der Waals surface area contributed by atoms with Crippen LogP contribution in [0.4, 0.5) is 4.79 Å². The van der Waals surface area contributed by atoms with E-state index in [-0.39, 0.29) is 17.7 Å². The molecule has 0 aromatic heterocycles. The fourth-order valence-corrected chi connectivity index (χ4v) is 4.09. The first-order valence-electron chi connectivity index (χ1n) is 13.8. The third-order valence-electron chi connectivity index (χ3n) is 5.74. The van der Waals surface area contributed by atoms with Crippen LogP contribution in [0.5, 0.6) is 0 Å². The Kier molecular flexibility index (Phi) is 12.6. The van der Waals surface area contributed by atoms with Crippen LogP contribution >= 0.6 is 0 Å². The van der Waals surface area contributed by atoms with Gasteiger partial charge in [-0.3, -0.25) is 9.59 Å². The number of hydrogen-bond donors (Lipinski definition) is 2. The summed E-state index contributed by atoms with van der Waals surface area (Å²) >= 11 is 0. The second-order valence-corrected chi connectivity index (χ2v) is 12.3. The van der Waals surface area contributed by atoms with Gasteiger partial charge in [0, 0.05) is 12.1 Å². The highest BCUT2D eigenvalue weighted by atomic mass is 16.6. The van der Waals surface area contributed by atoms with Crippen LogP contribution < -0.4 is 10.6 Å². The van der Waals surface area contributed by atoms with E-state index in [4.69, 9.17) is 4.74 Å². The molecule has 0 aliphatic carbocycles. The van der Waals surface area contributed by atoms with Crippen LogP contribution in [0.25, 0.3) is 0 Å². The summed E-state index contributed by atoms with van der Waals surface area (Å²) in [7, 11) is 0. The second kappa shape index (κ2) is 14.4. The fourth-order valence-electron chi connectivity index (χ4n) is 4.09. The van der Waals surface area contributed by atoms with Crippen LogP contribution in [0.3, 0.4) is 0 Å². The Labute approximate surface area is 225 Å². The summed E-state index contributed by atoms with van der Waals surface area (Å²) < 4.78 is 5.46. The molecule has 0 fully saturated rings. The van der Waals surface area contributed by atoms with Crippen molar-refractivity contribution in [1.82, 2.24) is 15.5 Å². The fraction of sp³-hybridized carbons (Fsp3) is 0.700. The smallest absolute Gasteiger partial charge is 0.408 e. The van der Waals surface area contributed by atoms with Crippen molar-refractivity contribution in [3.8, 4) is 0 Å².